The molecule has 2 rings (SSSR count). The van der Waals surface area contributed by atoms with E-state index in [4.69, 9.17) is 0 Å². The molecule has 2 atom stereocenters. The first-order chi connectivity index (χ1) is 7.42. The van der Waals surface area contributed by atoms with E-state index in [2.05, 4.69) is 26.5 Å². The maximum Gasteiger partial charge on any atom is 0.158 e. The summed E-state index contributed by atoms with van der Waals surface area (Å²) in [4.78, 5) is 12.0. The second-order valence-electron chi connectivity index (χ2n) is 6.12. The molecule has 0 amide bonds. The summed E-state index contributed by atoms with van der Waals surface area (Å²) in [7, 11) is 0. The van der Waals surface area contributed by atoms with E-state index in [1.54, 1.807) is 0 Å². The summed E-state index contributed by atoms with van der Waals surface area (Å²) in [5, 5.41) is 0. The Hall–Kier alpha value is -0.850. The van der Waals surface area contributed by atoms with Crippen molar-refractivity contribution in [3.8, 4) is 0 Å². The van der Waals surface area contributed by atoms with Gasteiger partial charge in [0.2, 0.25) is 0 Å². The van der Waals surface area contributed by atoms with Crippen molar-refractivity contribution in [1.29, 1.82) is 0 Å². The number of fused-ring (bicyclic) bond motifs is 1. The quantitative estimate of drug-likeness (QED) is 0.563. The van der Waals surface area contributed by atoms with Gasteiger partial charge < -0.3 is 0 Å². The van der Waals surface area contributed by atoms with Crippen LogP contribution in [-0.2, 0) is 4.79 Å². The maximum atomic E-state index is 12.0. The van der Waals surface area contributed by atoms with Gasteiger partial charge in [-0.05, 0) is 49.0 Å². The zero-order valence-corrected chi connectivity index (χ0v) is 10.7. The highest BCUT2D eigenvalue weighted by Gasteiger charge is 2.48. The zero-order valence-electron chi connectivity index (χ0n) is 10.7. The second-order valence-corrected chi connectivity index (χ2v) is 6.12. The van der Waals surface area contributed by atoms with Crippen LogP contribution in [0.2, 0.25) is 0 Å². The Morgan fingerprint density at radius 1 is 1.44 bits per heavy atom. The van der Waals surface area contributed by atoms with E-state index in [0.717, 1.165) is 24.8 Å². The van der Waals surface area contributed by atoms with Gasteiger partial charge in [0.25, 0.3) is 0 Å². The second kappa shape index (κ2) is 3.87. The standard InChI is InChI=1S/C15H22O/c1-10-6-5-7-11(2)14(16)8-13-12(10)9-15(13,3)4/h7,12-13H,1,5-6,8-9H2,2-4H3/b11-7+/t12-,13-/m1/s1. The topological polar surface area (TPSA) is 17.1 Å². The van der Waals surface area contributed by atoms with Crippen LogP contribution in [0.4, 0.5) is 0 Å². The zero-order chi connectivity index (χ0) is 11.9. The smallest absolute Gasteiger partial charge is 0.158 e. The lowest BCUT2D eigenvalue weighted by molar-refractivity contribution is -0.120. The molecule has 1 heteroatoms. The number of rotatable bonds is 0. The van der Waals surface area contributed by atoms with Crippen molar-refractivity contribution < 1.29 is 4.79 Å². The molecule has 16 heavy (non-hydrogen) atoms. The lowest BCUT2D eigenvalue weighted by Crippen LogP contribution is -2.45. The summed E-state index contributed by atoms with van der Waals surface area (Å²) in [5.74, 6) is 1.46. The van der Waals surface area contributed by atoms with Crippen molar-refractivity contribution in [3.05, 3.63) is 23.8 Å². The fourth-order valence-corrected chi connectivity index (χ4v) is 3.23. The SMILES string of the molecule is C=C1CC/C=C(\C)C(=O)C[C@@H]2[C@@H]1CC2(C)C. The molecule has 0 aromatic rings. The predicted octanol–water partition coefficient (Wildman–Crippen LogP) is 3.90. The van der Waals surface area contributed by atoms with Gasteiger partial charge in [0.1, 0.15) is 0 Å². The molecule has 0 N–H and O–H groups in total. The van der Waals surface area contributed by atoms with Gasteiger partial charge in [-0.15, -0.1) is 0 Å². The third-order valence-corrected chi connectivity index (χ3v) is 4.52. The molecule has 0 aromatic carbocycles. The summed E-state index contributed by atoms with van der Waals surface area (Å²) in [6.45, 7) is 10.7. The molecule has 2 aliphatic rings. The largest absolute Gasteiger partial charge is 0.295 e. The van der Waals surface area contributed by atoms with Gasteiger partial charge in [0, 0.05) is 6.42 Å². The first kappa shape index (κ1) is 11.6. The van der Waals surface area contributed by atoms with E-state index >= 15 is 0 Å². The molecular formula is C15H22O. The average Bonchev–Trinajstić information content (AvgIpc) is 2.24. The lowest BCUT2D eigenvalue weighted by atomic mass is 9.52. The highest BCUT2D eigenvalue weighted by atomic mass is 16.1. The van der Waals surface area contributed by atoms with Crippen LogP contribution in [0, 0.1) is 17.3 Å². The molecule has 1 nitrogen and oxygen atoms in total. The van der Waals surface area contributed by atoms with Crippen molar-refractivity contribution in [2.24, 2.45) is 17.3 Å². The van der Waals surface area contributed by atoms with E-state index < -0.39 is 0 Å². The molecule has 1 saturated carbocycles. The molecule has 0 bridgehead atoms. The van der Waals surface area contributed by atoms with Gasteiger partial charge in [-0.1, -0.05) is 32.1 Å². The molecular weight excluding hydrogens is 196 g/mol. The predicted molar refractivity (Wildman–Crippen MR) is 67.1 cm³/mol. The van der Waals surface area contributed by atoms with Crippen molar-refractivity contribution in [2.45, 2.75) is 46.5 Å². The number of Topliss-reactive ketones (excluding diaryl/α,β-unsaturated/α-hetero) is 1. The van der Waals surface area contributed by atoms with E-state index in [1.807, 2.05) is 6.92 Å². The van der Waals surface area contributed by atoms with Gasteiger partial charge in [-0.2, -0.15) is 0 Å². The van der Waals surface area contributed by atoms with Gasteiger partial charge in [-0.25, -0.2) is 0 Å². The van der Waals surface area contributed by atoms with Crippen molar-refractivity contribution >= 4 is 5.78 Å². The van der Waals surface area contributed by atoms with E-state index in [9.17, 15) is 4.79 Å². The van der Waals surface area contributed by atoms with Crippen LogP contribution in [0.3, 0.4) is 0 Å². The van der Waals surface area contributed by atoms with Crippen molar-refractivity contribution in [3.63, 3.8) is 0 Å². The minimum Gasteiger partial charge on any atom is -0.295 e. The lowest BCUT2D eigenvalue weighted by Gasteiger charge is -2.52. The summed E-state index contributed by atoms with van der Waals surface area (Å²) >= 11 is 0. The maximum absolute atomic E-state index is 12.0. The normalized spacial score (nSPS) is 37.3. The molecule has 0 heterocycles. The van der Waals surface area contributed by atoms with Crippen LogP contribution in [0.15, 0.2) is 23.8 Å². The molecule has 0 aliphatic heterocycles. The van der Waals surface area contributed by atoms with Crippen LogP contribution in [-0.4, -0.2) is 5.78 Å². The first-order valence-electron chi connectivity index (χ1n) is 6.29. The monoisotopic (exact) mass is 218 g/mol. The van der Waals surface area contributed by atoms with E-state index in [1.165, 1.54) is 12.0 Å². The van der Waals surface area contributed by atoms with Crippen LogP contribution in [0.1, 0.15) is 46.5 Å². The van der Waals surface area contributed by atoms with Gasteiger partial charge in [0.05, 0.1) is 0 Å². The van der Waals surface area contributed by atoms with Crippen LogP contribution < -0.4 is 0 Å². The Morgan fingerprint density at radius 3 is 2.75 bits per heavy atom. The Balaban J connectivity index is 2.22. The Kier molecular flexibility index (Phi) is 2.81. The molecule has 1 fully saturated rings. The highest BCUT2D eigenvalue weighted by Crippen LogP contribution is 2.56. The fraction of sp³-hybridized carbons (Fsp3) is 0.667. The number of hydrogen-bond donors (Lipinski definition) is 0. The molecule has 0 aromatic heterocycles. The third kappa shape index (κ3) is 1.88. The van der Waals surface area contributed by atoms with Crippen LogP contribution in [0.5, 0.6) is 0 Å². The third-order valence-electron chi connectivity index (χ3n) is 4.52. The minimum absolute atomic E-state index is 0.327. The van der Waals surface area contributed by atoms with E-state index in [0.29, 0.717) is 23.0 Å². The number of allylic oxidation sites excluding steroid dienone is 3. The number of ketones is 1. The van der Waals surface area contributed by atoms with Gasteiger partial charge in [-0.3, -0.25) is 4.79 Å². The number of hydrogen-bond acceptors (Lipinski definition) is 1. The highest BCUT2D eigenvalue weighted by molar-refractivity contribution is 5.95. The van der Waals surface area contributed by atoms with Gasteiger partial charge in [0.15, 0.2) is 5.78 Å². The molecule has 2 aliphatic carbocycles. The summed E-state index contributed by atoms with van der Waals surface area (Å²) < 4.78 is 0. The number of carbonyl (C=O) groups excluding carboxylic acids is 1. The molecule has 0 unspecified atom stereocenters. The van der Waals surface area contributed by atoms with Crippen molar-refractivity contribution in [2.75, 3.05) is 0 Å². The molecule has 0 spiro atoms. The van der Waals surface area contributed by atoms with E-state index in [-0.39, 0.29) is 0 Å². The molecule has 0 saturated heterocycles. The summed E-state index contributed by atoms with van der Waals surface area (Å²) in [6.07, 6.45) is 6.06. The Morgan fingerprint density at radius 2 is 2.12 bits per heavy atom. The average molecular weight is 218 g/mol. The van der Waals surface area contributed by atoms with Crippen LogP contribution >= 0.6 is 0 Å². The van der Waals surface area contributed by atoms with Gasteiger partial charge >= 0.3 is 0 Å². The van der Waals surface area contributed by atoms with Crippen molar-refractivity contribution in [1.82, 2.24) is 0 Å². The Bertz CT molecular complexity index is 360. The first-order valence-corrected chi connectivity index (χ1v) is 6.29. The molecule has 0 radical (unpaired) electrons. The number of carbonyl (C=O) groups is 1. The Labute approximate surface area is 98.6 Å². The minimum atomic E-state index is 0.327. The summed E-state index contributed by atoms with van der Waals surface area (Å²) in [6, 6.07) is 0. The van der Waals surface area contributed by atoms with Crippen LogP contribution in [0.25, 0.3) is 0 Å². The fourth-order valence-electron chi connectivity index (χ4n) is 3.23. The summed E-state index contributed by atoms with van der Waals surface area (Å²) in [5.41, 5.74) is 2.65. The molecule has 88 valence electrons.